The van der Waals surface area contributed by atoms with E-state index < -0.39 is 30.5 Å². The molecule has 1 N–H and O–H groups in total. The van der Waals surface area contributed by atoms with Crippen molar-refractivity contribution in [2.75, 3.05) is 25.5 Å². The van der Waals surface area contributed by atoms with E-state index in [0.29, 0.717) is 16.7 Å². The molecule has 1 aliphatic heterocycles. The summed E-state index contributed by atoms with van der Waals surface area (Å²) in [6.45, 7) is -1.38. The molecule has 0 aliphatic carbocycles. The number of aromatic nitrogens is 2. The molecule has 0 spiro atoms. The topological polar surface area (TPSA) is 67.3 Å². The molecule has 1 unspecified atom stereocenters. The third-order valence-electron chi connectivity index (χ3n) is 3.83. The molecule has 2 aromatic rings. The molecule has 1 fully saturated rings. The van der Waals surface area contributed by atoms with Crippen LogP contribution in [0.5, 0.6) is 5.75 Å². The van der Waals surface area contributed by atoms with E-state index >= 15 is 0 Å². The minimum absolute atomic E-state index is 0.00783. The van der Waals surface area contributed by atoms with Crippen molar-refractivity contribution >= 4 is 22.6 Å². The first-order chi connectivity index (χ1) is 11.8. The molecule has 134 valence electrons. The van der Waals surface area contributed by atoms with E-state index in [1.165, 1.54) is 25.6 Å². The molecule has 1 amide bonds. The van der Waals surface area contributed by atoms with Crippen LogP contribution in [-0.2, 0) is 4.79 Å². The number of carbonyl (C=O) groups is 1. The second-order valence-electron chi connectivity index (χ2n) is 5.66. The van der Waals surface area contributed by atoms with Gasteiger partial charge in [0, 0.05) is 24.4 Å². The van der Waals surface area contributed by atoms with Crippen LogP contribution >= 0.6 is 0 Å². The zero-order valence-electron chi connectivity index (χ0n) is 13.1. The van der Waals surface area contributed by atoms with Crippen LogP contribution in [-0.4, -0.2) is 53.2 Å². The summed E-state index contributed by atoms with van der Waals surface area (Å²) in [5.41, 5.74) is 0.312. The van der Waals surface area contributed by atoms with Crippen molar-refractivity contribution in [2.45, 2.75) is 18.6 Å². The molecular weight excluding hydrogens is 344 g/mol. The van der Waals surface area contributed by atoms with Gasteiger partial charge in [-0.3, -0.25) is 4.79 Å². The van der Waals surface area contributed by atoms with Gasteiger partial charge in [0.2, 0.25) is 5.91 Å². The number of methoxy groups -OCH3 is 1. The van der Waals surface area contributed by atoms with E-state index in [4.69, 9.17) is 4.74 Å². The van der Waals surface area contributed by atoms with E-state index in [0.717, 1.165) is 4.90 Å². The van der Waals surface area contributed by atoms with E-state index in [-0.39, 0.29) is 18.7 Å². The molecule has 0 saturated carbocycles. The van der Waals surface area contributed by atoms with Crippen molar-refractivity contribution in [1.29, 1.82) is 0 Å². The Bertz CT molecular complexity index is 812. The third kappa shape index (κ3) is 3.72. The predicted octanol–water partition coefficient (Wildman–Crippen LogP) is 2.35. The van der Waals surface area contributed by atoms with Gasteiger partial charge in [-0.05, 0) is 6.07 Å². The first-order valence-electron chi connectivity index (χ1n) is 7.36. The molecule has 1 aliphatic rings. The number of carbonyl (C=O) groups excluding carboxylic acids is 1. The van der Waals surface area contributed by atoms with Gasteiger partial charge in [0.1, 0.15) is 18.7 Å². The van der Waals surface area contributed by atoms with E-state index in [1.54, 1.807) is 0 Å². The maximum absolute atomic E-state index is 13.8. The number of ether oxygens (including phenoxy) is 1. The number of rotatable bonds is 4. The van der Waals surface area contributed by atoms with Crippen LogP contribution in [0.25, 0.3) is 10.9 Å². The van der Waals surface area contributed by atoms with Gasteiger partial charge in [-0.15, -0.1) is 0 Å². The van der Waals surface area contributed by atoms with Crippen LogP contribution in [0.3, 0.4) is 0 Å². The molecular formula is C15H14F4N4O2. The Kier molecular flexibility index (Phi) is 4.36. The Morgan fingerprint density at radius 3 is 2.80 bits per heavy atom. The molecule has 3 rings (SSSR count). The van der Waals surface area contributed by atoms with Gasteiger partial charge in [0.15, 0.2) is 11.6 Å². The summed E-state index contributed by atoms with van der Waals surface area (Å²) in [7, 11) is 1.31. The summed E-state index contributed by atoms with van der Waals surface area (Å²) in [6, 6.07) is 2.04. The first-order valence-corrected chi connectivity index (χ1v) is 7.36. The summed E-state index contributed by atoms with van der Waals surface area (Å²) in [4.78, 5) is 20.5. The Morgan fingerprint density at radius 1 is 1.36 bits per heavy atom. The second kappa shape index (κ2) is 6.34. The summed E-state index contributed by atoms with van der Waals surface area (Å²) >= 11 is 0. The summed E-state index contributed by atoms with van der Waals surface area (Å²) in [6.07, 6.45) is -3.32. The molecule has 1 saturated heterocycles. The van der Waals surface area contributed by atoms with Crippen molar-refractivity contribution in [3.8, 4) is 5.75 Å². The fourth-order valence-electron chi connectivity index (χ4n) is 2.76. The smallest absolute Gasteiger partial charge is 0.406 e. The fraction of sp³-hybridized carbons (Fsp3) is 0.400. The minimum Gasteiger partial charge on any atom is -0.494 e. The highest BCUT2D eigenvalue weighted by molar-refractivity contribution is 5.90. The summed E-state index contributed by atoms with van der Waals surface area (Å²) in [5, 5.41) is 3.39. The molecule has 1 aromatic heterocycles. The minimum atomic E-state index is -4.45. The number of anilines is 1. The van der Waals surface area contributed by atoms with Crippen LogP contribution < -0.4 is 10.1 Å². The van der Waals surface area contributed by atoms with Crippen LogP contribution in [0.15, 0.2) is 18.5 Å². The SMILES string of the molecule is COc1cc2c(NC3CC(=O)N(CC(F)(F)F)C3)ncnc2cc1F. The number of fused-ring (bicyclic) bond motifs is 1. The first kappa shape index (κ1) is 17.2. The quantitative estimate of drug-likeness (QED) is 0.850. The normalized spacial score (nSPS) is 18.0. The summed E-state index contributed by atoms with van der Waals surface area (Å²) in [5.74, 6) is -0.884. The number of amides is 1. The van der Waals surface area contributed by atoms with Crippen molar-refractivity contribution in [2.24, 2.45) is 0 Å². The highest BCUT2D eigenvalue weighted by Gasteiger charge is 2.38. The molecule has 1 atom stereocenters. The van der Waals surface area contributed by atoms with E-state index in [1.807, 2.05) is 0 Å². The lowest BCUT2D eigenvalue weighted by atomic mass is 10.2. The van der Waals surface area contributed by atoms with Crippen molar-refractivity contribution in [3.05, 3.63) is 24.3 Å². The molecule has 10 heteroatoms. The lowest BCUT2D eigenvalue weighted by Crippen LogP contribution is -2.36. The standard InChI is InChI=1S/C15H14F4N4O2/c1-25-12-3-9-11(4-10(12)16)20-7-21-14(9)22-8-2-13(24)23(5-8)6-15(17,18)19/h3-4,7-8H,2,5-6H2,1H3,(H,20,21,22). The highest BCUT2D eigenvalue weighted by Crippen LogP contribution is 2.29. The Labute approximate surface area is 139 Å². The number of nitrogens with zero attached hydrogens (tertiary/aromatic N) is 3. The lowest BCUT2D eigenvalue weighted by molar-refractivity contribution is -0.157. The van der Waals surface area contributed by atoms with Crippen LogP contribution in [0, 0.1) is 5.82 Å². The molecule has 0 radical (unpaired) electrons. The monoisotopic (exact) mass is 358 g/mol. The molecule has 0 bridgehead atoms. The number of likely N-dealkylation sites (tertiary alicyclic amines) is 1. The number of hydrogen-bond acceptors (Lipinski definition) is 5. The van der Waals surface area contributed by atoms with Crippen LogP contribution in [0.4, 0.5) is 23.4 Å². The average molecular weight is 358 g/mol. The van der Waals surface area contributed by atoms with Gasteiger partial charge in [0.05, 0.1) is 18.7 Å². The fourth-order valence-corrected chi connectivity index (χ4v) is 2.76. The van der Waals surface area contributed by atoms with Gasteiger partial charge in [-0.2, -0.15) is 13.2 Å². The van der Waals surface area contributed by atoms with E-state index in [2.05, 4.69) is 15.3 Å². The predicted molar refractivity (Wildman–Crippen MR) is 80.7 cm³/mol. The molecule has 1 aromatic carbocycles. The van der Waals surface area contributed by atoms with Gasteiger partial charge in [0.25, 0.3) is 0 Å². The third-order valence-corrected chi connectivity index (χ3v) is 3.83. The van der Waals surface area contributed by atoms with Crippen LogP contribution in [0.2, 0.25) is 0 Å². The second-order valence-corrected chi connectivity index (χ2v) is 5.66. The highest BCUT2D eigenvalue weighted by atomic mass is 19.4. The van der Waals surface area contributed by atoms with Crippen molar-refractivity contribution in [3.63, 3.8) is 0 Å². The average Bonchev–Trinajstić information content (AvgIpc) is 2.84. The number of nitrogens with one attached hydrogen (secondary N) is 1. The number of hydrogen-bond donors (Lipinski definition) is 1. The van der Waals surface area contributed by atoms with Crippen LogP contribution in [0.1, 0.15) is 6.42 Å². The Morgan fingerprint density at radius 2 is 2.12 bits per heavy atom. The maximum atomic E-state index is 13.8. The number of alkyl halides is 3. The number of benzene rings is 1. The van der Waals surface area contributed by atoms with Gasteiger partial charge < -0.3 is 15.0 Å². The van der Waals surface area contributed by atoms with Gasteiger partial charge in [-0.1, -0.05) is 0 Å². The molecule has 2 heterocycles. The zero-order chi connectivity index (χ0) is 18.2. The summed E-state index contributed by atoms with van der Waals surface area (Å²) < 4.78 is 56.1. The maximum Gasteiger partial charge on any atom is 0.406 e. The zero-order valence-corrected chi connectivity index (χ0v) is 13.1. The Hall–Kier alpha value is -2.65. The molecule has 25 heavy (non-hydrogen) atoms. The number of halogens is 4. The molecule has 6 nitrogen and oxygen atoms in total. The lowest BCUT2D eigenvalue weighted by Gasteiger charge is -2.19. The van der Waals surface area contributed by atoms with Crippen molar-refractivity contribution in [1.82, 2.24) is 14.9 Å². The largest absolute Gasteiger partial charge is 0.494 e. The van der Waals surface area contributed by atoms with E-state index in [9.17, 15) is 22.4 Å². The van der Waals surface area contributed by atoms with Crippen molar-refractivity contribution < 1.29 is 27.1 Å². The van der Waals surface area contributed by atoms with Gasteiger partial charge >= 0.3 is 6.18 Å². The Balaban J connectivity index is 1.83. The van der Waals surface area contributed by atoms with Gasteiger partial charge in [-0.25, -0.2) is 14.4 Å².